The summed E-state index contributed by atoms with van der Waals surface area (Å²) < 4.78 is 5.40. The quantitative estimate of drug-likeness (QED) is 0.766. The van der Waals surface area contributed by atoms with E-state index in [4.69, 9.17) is 16.3 Å². The molecule has 4 saturated carbocycles. The van der Waals surface area contributed by atoms with Crippen molar-refractivity contribution in [3.05, 3.63) is 29.3 Å². The van der Waals surface area contributed by atoms with Gasteiger partial charge < -0.3 is 4.74 Å². The second kappa shape index (κ2) is 4.74. The Bertz CT molecular complexity index is 558. The first-order valence-corrected chi connectivity index (χ1v) is 8.36. The van der Waals surface area contributed by atoms with E-state index in [2.05, 4.69) is 6.07 Å². The summed E-state index contributed by atoms with van der Waals surface area (Å²) >= 11 is 5.86. The molecule has 0 aromatic heterocycles. The lowest BCUT2D eigenvalue weighted by Crippen LogP contribution is -2.49. The zero-order chi connectivity index (χ0) is 14.6. The standard InChI is InChI=1S/C18H21ClO2/c1-21-14-2-3-15(17(19)20)16(7-14)18-8-11-4-12(9-18)6-13(5-11)10-18/h2-3,7,11-13H,4-6,8-10H2,1H3. The first-order valence-electron chi connectivity index (χ1n) is 7.98. The highest BCUT2D eigenvalue weighted by Gasteiger charge is 2.52. The molecule has 0 radical (unpaired) electrons. The molecule has 0 amide bonds. The van der Waals surface area contributed by atoms with Gasteiger partial charge in [0.2, 0.25) is 0 Å². The molecule has 0 saturated heterocycles. The van der Waals surface area contributed by atoms with Crippen LogP contribution < -0.4 is 4.74 Å². The summed E-state index contributed by atoms with van der Waals surface area (Å²) in [5, 5.41) is -0.330. The van der Waals surface area contributed by atoms with Gasteiger partial charge in [0.05, 0.1) is 7.11 Å². The summed E-state index contributed by atoms with van der Waals surface area (Å²) in [5.41, 5.74) is 2.02. The van der Waals surface area contributed by atoms with E-state index < -0.39 is 0 Å². The Balaban J connectivity index is 1.83. The van der Waals surface area contributed by atoms with Crippen LogP contribution in [-0.4, -0.2) is 12.4 Å². The zero-order valence-corrected chi connectivity index (χ0v) is 13.2. The highest BCUT2D eigenvalue weighted by atomic mass is 35.5. The fourth-order valence-electron chi connectivity index (χ4n) is 5.70. The summed E-state index contributed by atoms with van der Waals surface area (Å²) in [6.07, 6.45) is 7.87. The van der Waals surface area contributed by atoms with E-state index in [1.165, 1.54) is 38.5 Å². The Morgan fingerprint density at radius 3 is 2.19 bits per heavy atom. The molecule has 1 aromatic carbocycles. The van der Waals surface area contributed by atoms with Gasteiger partial charge in [-0.05, 0) is 97.1 Å². The molecule has 4 bridgehead atoms. The van der Waals surface area contributed by atoms with Crippen molar-refractivity contribution < 1.29 is 9.53 Å². The predicted octanol–water partition coefficient (Wildman–Crippen LogP) is 4.54. The molecule has 3 heteroatoms. The van der Waals surface area contributed by atoms with E-state index in [0.29, 0.717) is 5.56 Å². The third kappa shape index (κ3) is 2.11. The molecule has 0 heterocycles. The number of hydrogen-bond donors (Lipinski definition) is 0. The Hall–Kier alpha value is -1.02. The minimum atomic E-state index is -0.330. The topological polar surface area (TPSA) is 26.3 Å². The molecule has 0 unspecified atom stereocenters. The average molecular weight is 305 g/mol. The molecular formula is C18H21ClO2. The number of methoxy groups -OCH3 is 1. The Morgan fingerprint density at radius 2 is 1.71 bits per heavy atom. The van der Waals surface area contributed by atoms with E-state index in [-0.39, 0.29) is 10.7 Å². The van der Waals surface area contributed by atoms with Crippen molar-refractivity contribution in [3.63, 3.8) is 0 Å². The van der Waals surface area contributed by atoms with Crippen LogP contribution in [0.5, 0.6) is 5.75 Å². The number of benzene rings is 1. The monoisotopic (exact) mass is 304 g/mol. The second-order valence-corrected chi connectivity index (χ2v) is 7.73. The lowest BCUT2D eigenvalue weighted by atomic mass is 9.47. The molecule has 0 N–H and O–H groups in total. The largest absolute Gasteiger partial charge is 0.497 e. The van der Waals surface area contributed by atoms with Crippen molar-refractivity contribution in [1.82, 2.24) is 0 Å². The minimum Gasteiger partial charge on any atom is -0.497 e. The summed E-state index contributed by atoms with van der Waals surface area (Å²) in [4.78, 5) is 11.9. The van der Waals surface area contributed by atoms with Crippen molar-refractivity contribution in [2.45, 2.75) is 43.9 Å². The van der Waals surface area contributed by atoms with Crippen LogP contribution in [0.1, 0.15) is 54.4 Å². The van der Waals surface area contributed by atoms with Crippen LogP contribution in [0.4, 0.5) is 0 Å². The van der Waals surface area contributed by atoms with E-state index in [9.17, 15) is 4.79 Å². The summed E-state index contributed by atoms with van der Waals surface area (Å²) in [6, 6.07) is 5.77. The van der Waals surface area contributed by atoms with Gasteiger partial charge in [0.1, 0.15) is 5.75 Å². The van der Waals surface area contributed by atoms with Crippen molar-refractivity contribution in [2.24, 2.45) is 17.8 Å². The smallest absolute Gasteiger partial charge is 0.252 e. The second-order valence-electron chi connectivity index (χ2n) is 7.38. The SMILES string of the molecule is COc1ccc(C(=O)Cl)c(C23CC4CC(CC(C4)C2)C3)c1. The lowest BCUT2D eigenvalue weighted by molar-refractivity contribution is -0.00554. The van der Waals surface area contributed by atoms with Crippen molar-refractivity contribution in [1.29, 1.82) is 0 Å². The number of carbonyl (C=O) groups is 1. The highest BCUT2D eigenvalue weighted by Crippen LogP contribution is 2.61. The van der Waals surface area contributed by atoms with Crippen LogP contribution in [0.25, 0.3) is 0 Å². The summed E-state index contributed by atoms with van der Waals surface area (Å²) in [7, 11) is 1.68. The number of carbonyl (C=O) groups excluding carboxylic acids is 1. The minimum absolute atomic E-state index is 0.170. The maximum atomic E-state index is 11.9. The van der Waals surface area contributed by atoms with Gasteiger partial charge in [-0.3, -0.25) is 4.79 Å². The van der Waals surface area contributed by atoms with E-state index in [1.807, 2.05) is 12.1 Å². The van der Waals surface area contributed by atoms with Crippen LogP contribution in [0.15, 0.2) is 18.2 Å². The molecule has 4 aliphatic rings. The van der Waals surface area contributed by atoms with Crippen molar-refractivity contribution in [3.8, 4) is 5.75 Å². The first-order chi connectivity index (χ1) is 10.1. The molecule has 2 nitrogen and oxygen atoms in total. The average Bonchev–Trinajstić information content (AvgIpc) is 2.45. The third-order valence-electron chi connectivity index (χ3n) is 6.05. The van der Waals surface area contributed by atoms with Gasteiger partial charge in [0.25, 0.3) is 5.24 Å². The zero-order valence-electron chi connectivity index (χ0n) is 12.4. The van der Waals surface area contributed by atoms with E-state index in [1.54, 1.807) is 7.11 Å². The normalized spacial score (nSPS) is 36.8. The van der Waals surface area contributed by atoms with Gasteiger partial charge in [-0.2, -0.15) is 0 Å². The van der Waals surface area contributed by atoms with Crippen LogP contribution in [0.2, 0.25) is 0 Å². The van der Waals surface area contributed by atoms with E-state index in [0.717, 1.165) is 29.1 Å². The Kier molecular flexibility index (Phi) is 3.08. The van der Waals surface area contributed by atoms with Gasteiger partial charge >= 0.3 is 0 Å². The molecule has 0 atom stereocenters. The molecule has 5 rings (SSSR count). The summed E-state index contributed by atoms with van der Waals surface area (Å²) in [6.45, 7) is 0. The lowest BCUT2D eigenvalue weighted by Gasteiger charge is -2.57. The summed E-state index contributed by atoms with van der Waals surface area (Å²) in [5.74, 6) is 3.38. The fraction of sp³-hybridized carbons (Fsp3) is 0.611. The van der Waals surface area contributed by atoms with Gasteiger partial charge in [-0.15, -0.1) is 0 Å². The predicted molar refractivity (Wildman–Crippen MR) is 83.0 cm³/mol. The molecule has 0 aliphatic heterocycles. The van der Waals surface area contributed by atoms with Crippen molar-refractivity contribution in [2.75, 3.05) is 7.11 Å². The van der Waals surface area contributed by atoms with Crippen LogP contribution >= 0.6 is 11.6 Å². The Morgan fingerprint density at radius 1 is 1.14 bits per heavy atom. The molecular weight excluding hydrogens is 284 g/mol. The molecule has 4 fully saturated rings. The molecule has 0 spiro atoms. The van der Waals surface area contributed by atoms with Crippen LogP contribution in [0.3, 0.4) is 0 Å². The van der Waals surface area contributed by atoms with Crippen LogP contribution in [0, 0.1) is 17.8 Å². The van der Waals surface area contributed by atoms with Crippen LogP contribution in [-0.2, 0) is 5.41 Å². The number of ether oxygens (including phenoxy) is 1. The van der Waals surface area contributed by atoms with Gasteiger partial charge in [0, 0.05) is 5.56 Å². The maximum absolute atomic E-state index is 11.9. The highest BCUT2D eigenvalue weighted by molar-refractivity contribution is 6.68. The number of halogens is 1. The molecule has 1 aromatic rings. The maximum Gasteiger partial charge on any atom is 0.252 e. The van der Waals surface area contributed by atoms with E-state index >= 15 is 0 Å². The molecule has 112 valence electrons. The molecule has 4 aliphatic carbocycles. The van der Waals surface area contributed by atoms with Crippen molar-refractivity contribution >= 4 is 16.8 Å². The fourth-order valence-corrected chi connectivity index (χ4v) is 5.87. The van der Waals surface area contributed by atoms with Gasteiger partial charge in [-0.1, -0.05) is 0 Å². The van der Waals surface area contributed by atoms with Gasteiger partial charge in [-0.25, -0.2) is 0 Å². The third-order valence-corrected chi connectivity index (χ3v) is 6.25. The number of rotatable bonds is 3. The molecule has 21 heavy (non-hydrogen) atoms. The first kappa shape index (κ1) is 13.6. The van der Waals surface area contributed by atoms with Gasteiger partial charge in [0.15, 0.2) is 0 Å². The number of hydrogen-bond acceptors (Lipinski definition) is 2. The Labute approximate surface area is 130 Å².